The summed E-state index contributed by atoms with van der Waals surface area (Å²) >= 11 is 0. The van der Waals surface area contributed by atoms with Gasteiger partial charge in [-0.1, -0.05) is 0 Å². The number of ether oxygens (including phenoxy) is 1. The van der Waals surface area contributed by atoms with Crippen molar-refractivity contribution in [2.45, 2.75) is 26.4 Å². The summed E-state index contributed by atoms with van der Waals surface area (Å²) in [6.45, 7) is 6.26. The van der Waals surface area contributed by atoms with E-state index >= 15 is 0 Å². The summed E-state index contributed by atoms with van der Waals surface area (Å²) in [4.78, 5) is 11.4. The minimum absolute atomic E-state index is 0.322. The topological polar surface area (TPSA) is 97.9 Å². The molecule has 0 spiro atoms. The van der Waals surface area contributed by atoms with Gasteiger partial charge in [0, 0.05) is 18.8 Å². The molecule has 6 heteroatoms. The van der Waals surface area contributed by atoms with E-state index in [1.165, 1.54) is 0 Å². The molecular weight excluding hydrogens is 268 g/mol. The summed E-state index contributed by atoms with van der Waals surface area (Å²) in [5, 5.41) is 23.4. The number of anilines is 1. The van der Waals surface area contributed by atoms with Crippen LogP contribution in [0.3, 0.4) is 0 Å². The van der Waals surface area contributed by atoms with Gasteiger partial charge >= 0.3 is 6.09 Å². The van der Waals surface area contributed by atoms with E-state index in [1.54, 1.807) is 39.0 Å². The van der Waals surface area contributed by atoms with Gasteiger partial charge in [-0.25, -0.2) is 4.79 Å². The number of amides is 1. The number of nitrogens with one attached hydrogen (secondary N) is 2. The monoisotopic (exact) mass is 286 g/mol. The fourth-order valence-electron chi connectivity index (χ4n) is 1.53. The van der Waals surface area contributed by atoms with Crippen molar-refractivity contribution in [3.05, 3.63) is 29.3 Å². The molecule has 0 aliphatic heterocycles. The van der Waals surface area contributed by atoms with Crippen LogP contribution in [0.25, 0.3) is 0 Å². The Bertz CT molecular complexity index is 591. The van der Waals surface area contributed by atoms with Crippen LogP contribution in [0.4, 0.5) is 10.5 Å². The molecule has 21 heavy (non-hydrogen) atoms. The highest BCUT2D eigenvalue weighted by Crippen LogP contribution is 2.14. The van der Waals surface area contributed by atoms with Gasteiger partial charge in [0.25, 0.3) is 0 Å². The Labute approximate surface area is 124 Å². The molecule has 0 fully saturated rings. The van der Waals surface area contributed by atoms with Crippen LogP contribution in [-0.4, -0.2) is 24.8 Å². The molecule has 110 valence electrons. The Morgan fingerprint density at radius 3 is 2.43 bits per heavy atom. The van der Waals surface area contributed by atoms with E-state index in [-0.39, 0.29) is 0 Å². The van der Waals surface area contributed by atoms with Crippen molar-refractivity contribution in [1.82, 2.24) is 5.32 Å². The first-order chi connectivity index (χ1) is 9.85. The second-order valence-corrected chi connectivity index (χ2v) is 5.34. The van der Waals surface area contributed by atoms with Crippen LogP contribution in [-0.2, 0) is 4.74 Å². The zero-order valence-corrected chi connectivity index (χ0v) is 12.4. The maximum Gasteiger partial charge on any atom is 0.407 e. The van der Waals surface area contributed by atoms with E-state index in [0.29, 0.717) is 24.2 Å². The number of carbonyl (C=O) groups excluding carboxylic acids is 1. The van der Waals surface area contributed by atoms with Crippen LogP contribution in [0.2, 0.25) is 0 Å². The van der Waals surface area contributed by atoms with E-state index < -0.39 is 11.7 Å². The summed E-state index contributed by atoms with van der Waals surface area (Å²) in [5.74, 6) is 0. The summed E-state index contributed by atoms with van der Waals surface area (Å²) in [7, 11) is 0. The smallest absolute Gasteiger partial charge is 0.407 e. The fourth-order valence-corrected chi connectivity index (χ4v) is 1.53. The van der Waals surface area contributed by atoms with Gasteiger partial charge < -0.3 is 15.4 Å². The SMILES string of the molecule is CC(C)(C)OC(=O)NCCNc1ccc(C#N)c(C#N)c1. The Morgan fingerprint density at radius 2 is 1.86 bits per heavy atom. The molecule has 0 aliphatic rings. The lowest BCUT2D eigenvalue weighted by atomic mass is 10.1. The summed E-state index contributed by atoms with van der Waals surface area (Å²) in [5.41, 5.74) is 0.862. The Kier molecular flexibility index (Phi) is 5.57. The molecule has 6 nitrogen and oxygen atoms in total. The van der Waals surface area contributed by atoms with Crippen molar-refractivity contribution in [3.63, 3.8) is 0 Å². The van der Waals surface area contributed by atoms with E-state index in [0.717, 1.165) is 5.69 Å². The van der Waals surface area contributed by atoms with Crippen molar-refractivity contribution in [1.29, 1.82) is 10.5 Å². The second-order valence-electron chi connectivity index (χ2n) is 5.34. The van der Waals surface area contributed by atoms with E-state index in [9.17, 15) is 4.79 Å². The lowest BCUT2D eigenvalue weighted by Crippen LogP contribution is -2.34. The first-order valence-electron chi connectivity index (χ1n) is 6.50. The molecule has 0 heterocycles. The third-order valence-electron chi connectivity index (χ3n) is 2.38. The lowest BCUT2D eigenvalue weighted by Gasteiger charge is -2.19. The largest absolute Gasteiger partial charge is 0.444 e. The molecule has 2 N–H and O–H groups in total. The Balaban J connectivity index is 2.42. The van der Waals surface area contributed by atoms with Crippen molar-refractivity contribution >= 4 is 11.8 Å². The number of hydrogen-bond acceptors (Lipinski definition) is 5. The molecule has 1 aromatic rings. The van der Waals surface area contributed by atoms with Gasteiger partial charge in [0.15, 0.2) is 0 Å². The van der Waals surface area contributed by atoms with Crippen LogP contribution in [0.1, 0.15) is 31.9 Å². The normalized spacial score (nSPS) is 10.1. The van der Waals surface area contributed by atoms with Gasteiger partial charge in [0.2, 0.25) is 0 Å². The van der Waals surface area contributed by atoms with Crippen LogP contribution < -0.4 is 10.6 Å². The average molecular weight is 286 g/mol. The van der Waals surface area contributed by atoms with Gasteiger partial charge in [0.05, 0.1) is 11.1 Å². The quantitative estimate of drug-likeness (QED) is 0.828. The molecule has 1 rings (SSSR count). The maximum atomic E-state index is 11.4. The second kappa shape index (κ2) is 7.16. The van der Waals surface area contributed by atoms with Crippen LogP contribution in [0.15, 0.2) is 18.2 Å². The highest BCUT2D eigenvalue weighted by molar-refractivity contribution is 5.67. The first-order valence-corrected chi connectivity index (χ1v) is 6.50. The van der Waals surface area contributed by atoms with Crippen molar-refractivity contribution < 1.29 is 9.53 Å². The Morgan fingerprint density at radius 1 is 1.19 bits per heavy atom. The number of rotatable bonds is 4. The number of nitriles is 2. The highest BCUT2D eigenvalue weighted by Gasteiger charge is 2.15. The zero-order chi connectivity index (χ0) is 15.9. The zero-order valence-electron chi connectivity index (χ0n) is 12.4. The lowest BCUT2D eigenvalue weighted by molar-refractivity contribution is 0.0530. The predicted molar refractivity (Wildman–Crippen MR) is 78.6 cm³/mol. The van der Waals surface area contributed by atoms with Crippen molar-refractivity contribution in [2.24, 2.45) is 0 Å². The third-order valence-corrected chi connectivity index (χ3v) is 2.38. The summed E-state index contributed by atoms with van der Waals surface area (Å²) < 4.78 is 5.10. The van der Waals surface area contributed by atoms with E-state index in [1.807, 2.05) is 12.1 Å². The molecule has 1 amide bonds. The highest BCUT2D eigenvalue weighted by atomic mass is 16.6. The molecule has 0 radical (unpaired) electrons. The van der Waals surface area contributed by atoms with Gasteiger partial charge in [-0.2, -0.15) is 10.5 Å². The van der Waals surface area contributed by atoms with Crippen LogP contribution in [0, 0.1) is 22.7 Å². The van der Waals surface area contributed by atoms with Crippen molar-refractivity contribution in [2.75, 3.05) is 18.4 Å². The molecular formula is C15H18N4O2. The van der Waals surface area contributed by atoms with Gasteiger partial charge in [0.1, 0.15) is 17.7 Å². The molecule has 1 aromatic carbocycles. The molecule has 0 bridgehead atoms. The number of carbonyl (C=O) groups is 1. The molecule has 0 aliphatic carbocycles. The van der Waals surface area contributed by atoms with Gasteiger partial charge in [-0.3, -0.25) is 0 Å². The van der Waals surface area contributed by atoms with E-state index in [4.69, 9.17) is 15.3 Å². The number of alkyl carbamates (subject to hydrolysis) is 1. The number of nitrogens with zero attached hydrogens (tertiary/aromatic N) is 2. The van der Waals surface area contributed by atoms with Crippen molar-refractivity contribution in [3.8, 4) is 12.1 Å². The van der Waals surface area contributed by atoms with Gasteiger partial charge in [-0.15, -0.1) is 0 Å². The number of benzene rings is 1. The van der Waals surface area contributed by atoms with Gasteiger partial charge in [-0.05, 0) is 39.0 Å². The third kappa shape index (κ3) is 5.84. The van der Waals surface area contributed by atoms with Crippen LogP contribution in [0.5, 0.6) is 0 Å². The minimum atomic E-state index is -0.521. The summed E-state index contributed by atoms with van der Waals surface area (Å²) in [6, 6.07) is 8.83. The molecule has 0 saturated carbocycles. The number of hydrogen-bond donors (Lipinski definition) is 2. The van der Waals surface area contributed by atoms with Crippen LogP contribution >= 0.6 is 0 Å². The Hall–Kier alpha value is -2.73. The molecule has 0 atom stereocenters. The fraction of sp³-hybridized carbons (Fsp3) is 0.400. The average Bonchev–Trinajstić information content (AvgIpc) is 2.41. The molecule has 0 saturated heterocycles. The first kappa shape index (κ1) is 16.3. The summed E-state index contributed by atoms with van der Waals surface area (Å²) in [6.07, 6.45) is -0.471. The maximum absolute atomic E-state index is 11.4. The van der Waals surface area contributed by atoms with E-state index in [2.05, 4.69) is 10.6 Å². The predicted octanol–water partition coefficient (Wildman–Crippen LogP) is 2.37. The molecule has 0 unspecified atom stereocenters. The standard InChI is InChI=1S/C15H18N4O2/c1-15(2,3)21-14(20)19-7-6-18-13-5-4-11(9-16)12(8-13)10-17/h4-5,8,18H,6-7H2,1-3H3,(H,19,20). The molecule has 0 aromatic heterocycles. The minimum Gasteiger partial charge on any atom is -0.444 e.